The van der Waals surface area contributed by atoms with Gasteiger partial charge in [-0.05, 0) is 48.7 Å². The molecule has 1 N–H and O–H groups in total. The van der Waals surface area contributed by atoms with Crippen molar-refractivity contribution >= 4 is 17.4 Å². The van der Waals surface area contributed by atoms with Crippen LogP contribution < -0.4 is 14.8 Å². The number of nitrogens with one attached hydrogen (secondary N) is 1. The molecule has 1 aliphatic heterocycles. The lowest BCUT2D eigenvalue weighted by Crippen LogP contribution is -2.29. The SMILES string of the molecule is COc1ccc(/C([O-])=C2\C(=O)C(=O)N(Cc3ccc[nH+]c3)C2c2ccc(C)cc2)cc1C. The number of benzene rings is 2. The highest BCUT2D eigenvalue weighted by molar-refractivity contribution is 6.46. The Hall–Kier alpha value is -3.93. The van der Waals surface area contributed by atoms with Crippen LogP contribution in [0.25, 0.3) is 5.76 Å². The molecule has 4 rings (SSSR count). The van der Waals surface area contributed by atoms with Crippen molar-refractivity contribution in [1.29, 1.82) is 0 Å². The van der Waals surface area contributed by atoms with Crippen molar-refractivity contribution in [3.05, 3.63) is 100 Å². The number of carbonyl (C=O) groups is 2. The summed E-state index contributed by atoms with van der Waals surface area (Å²) >= 11 is 0. The third-order valence-corrected chi connectivity index (χ3v) is 5.70. The molecule has 0 spiro atoms. The first-order chi connectivity index (χ1) is 15.4. The van der Waals surface area contributed by atoms with Gasteiger partial charge in [-0.2, -0.15) is 0 Å². The second kappa shape index (κ2) is 8.67. The van der Waals surface area contributed by atoms with E-state index in [1.807, 2.05) is 50.2 Å². The summed E-state index contributed by atoms with van der Waals surface area (Å²) in [5.74, 6) is -1.22. The number of aromatic nitrogens is 1. The maximum atomic E-state index is 13.5. The maximum absolute atomic E-state index is 13.5. The molecule has 1 amide bonds. The Morgan fingerprint density at radius 2 is 1.84 bits per heavy atom. The first kappa shape index (κ1) is 21.3. The van der Waals surface area contributed by atoms with Gasteiger partial charge in [-0.3, -0.25) is 9.59 Å². The van der Waals surface area contributed by atoms with Gasteiger partial charge in [0.05, 0.1) is 19.7 Å². The predicted molar refractivity (Wildman–Crippen MR) is 117 cm³/mol. The summed E-state index contributed by atoms with van der Waals surface area (Å²) in [6, 6.07) is 15.5. The number of hydrogen-bond donors (Lipinski definition) is 0. The maximum Gasteiger partial charge on any atom is 0.295 e. The molecule has 2 aromatic carbocycles. The number of H-pyrrole nitrogens is 1. The number of aromatic amines is 1. The van der Waals surface area contributed by atoms with E-state index in [0.29, 0.717) is 11.3 Å². The number of pyridine rings is 1. The fourth-order valence-electron chi connectivity index (χ4n) is 4.03. The van der Waals surface area contributed by atoms with E-state index in [1.165, 1.54) is 4.90 Å². The zero-order valence-corrected chi connectivity index (χ0v) is 18.2. The van der Waals surface area contributed by atoms with Gasteiger partial charge in [0.25, 0.3) is 5.91 Å². The number of aryl methyl sites for hydroxylation is 2. The quantitative estimate of drug-likeness (QED) is 0.355. The molecular weight excluding hydrogens is 404 g/mol. The van der Waals surface area contributed by atoms with Crippen molar-refractivity contribution in [2.45, 2.75) is 26.4 Å². The molecule has 2 heterocycles. The van der Waals surface area contributed by atoms with Crippen molar-refractivity contribution in [2.24, 2.45) is 0 Å². The summed E-state index contributed by atoms with van der Waals surface area (Å²) in [7, 11) is 1.56. The summed E-state index contributed by atoms with van der Waals surface area (Å²) in [6.45, 7) is 4.00. The Labute approximate surface area is 186 Å². The number of ketones is 1. The molecule has 1 atom stereocenters. The standard InChI is InChI=1S/C26H24N2O4/c1-16-6-8-19(9-7-16)23-22(24(29)20-10-11-21(32-3)17(2)13-20)25(30)26(31)28(23)15-18-5-4-12-27-14-18/h4-14,23,29H,15H2,1-3H3/b24-22+. The van der Waals surface area contributed by atoms with Gasteiger partial charge in [0.2, 0.25) is 5.78 Å². The lowest BCUT2D eigenvalue weighted by molar-refractivity contribution is -0.378. The van der Waals surface area contributed by atoms with E-state index in [4.69, 9.17) is 4.74 Å². The highest BCUT2D eigenvalue weighted by atomic mass is 16.5. The zero-order valence-electron chi connectivity index (χ0n) is 18.2. The number of carbonyl (C=O) groups excluding carboxylic acids is 2. The van der Waals surface area contributed by atoms with E-state index in [9.17, 15) is 14.7 Å². The highest BCUT2D eigenvalue weighted by Gasteiger charge is 2.44. The Morgan fingerprint density at radius 1 is 1.09 bits per heavy atom. The van der Waals surface area contributed by atoms with Gasteiger partial charge in [-0.15, -0.1) is 0 Å². The molecule has 0 bridgehead atoms. The van der Waals surface area contributed by atoms with E-state index in [0.717, 1.165) is 22.3 Å². The van der Waals surface area contributed by atoms with Crippen LogP contribution in [0, 0.1) is 13.8 Å². The molecule has 6 heteroatoms. The normalized spacial score (nSPS) is 17.6. The molecule has 162 valence electrons. The largest absolute Gasteiger partial charge is 0.872 e. The molecular formula is C26H24N2O4. The molecule has 0 aliphatic carbocycles. The molecule has 6 nitrogen and oxygen atoms in total. The average Bonchev–Trinajstić information content (AvgIpc) is 3.04. The Bertz CT molecular complexity index is 1200. The molecule has 1 saturated heterocycles. The number of methoxy groups -OCH3 is 1. The number of ether oxygens (including phenoxy) is 1. The van der Waals surface area contributed by atoms with Gasteiger partial charge >= 0.3 is 0 Å². The number of hydrogen-bond acceptors (Lipinski definition) is 4. The third kappa shape index (κ3) is 3.87. The van der Waals surface area contributed by atoms with Crippen molar-refractivity contribution in [3.8, 4) is 5.75 Å². The summed E-state index contributed by atoms with van der Waals surface area (Å²) < 4.78 is 5.28. The van der Waals surface area contributed by atoms with Crippen LogP contribution in [0.5, 0.6) is 5.75 Å². The lowest BCUT2D eigenvalue weighted by Gasteiger charge is -2.27. The van der Waals surface area contributed by atoms with Crippen LogP contribution in [0.15, 0.2) is 72.6 Å². The summed E-state index contributed by atoms with van der Waals surface area (Å²) in [4.78, 5) is 30.6. The van der Waals surface area contributed by atoms with Gasteiger partial charge in [0.1, 0.15) is 5.75 Å². The van der Waals surface area contributed by atoms with Crippen molar-refractivity contribution in [2.75, 3.05) is 7.11 Å². The van der Waals surface area contributed by atoms with Crippen molar-refractivity contribution in [3.63, 3.8) is 0 Å². The topological polar surface area (TPSA) is 83.8 Å². The van der Waals surface area contributed by atoms with Crippen LogP contribution in [-0.4, -0.2) is 23.7 Å². The molecule has 32 heavy (non-hydrogen) atoms. The van der Waals surface area contributed by atoms with Crippen LogP contribution in [-0.2, 0) is 16.1 Å². The number of amides is 1. The number of nitrogens with zero attached hydrogens (tertiary/aromatic N) is 1. The predicted octanol–water partition coefficient (Wildman–Crippen LogP) is 2.55. The van der Waals surface area contributed by atoms with Crippen molar-refractivity contribution < 1.29 is 24.4 Å². The van der Waals surface area contributed by atoms with E-state index in [1.54, 1.807) is 37.7 Å². The molecule has 1 aliphatic rings. The minimum atomic E-state index is -0.759. The van der Waals surface area contributed by atoms with Crippen LogP contribution in [0.3, 0.4) is 0 Å². The van der Waals surface area contributed by atoms with Gasteiger partial charge in [0.15, 0.2) is 12.4 Å². The van der Waals surface area contributed by atoms with Crippen LogP contribution in [0.2, 0.25) is 0 Å². The van der Waals surface area contributed by atoms with Crippen LogP contribution in [0.1, 0.15) is 33.9 Å². The summed E-state index contributed by atoms with van der Waals surface area (Å²) in [5.41, 5.74) is 3.71. The minimum absolute atomic E-state index is 0.0247. The summed E-state index contributed by atoms with van der Waals surface area (Å²) in [6.07, 6.45) is 3.54. The Kier molecular flexibility index (Phi) is 5.77. The van der Waals surface area contributed by atoms with E-state index < -0.39 is 23.5 Å². The molecule has 0 saturated carbocycles. The molecule has 1 fully saturated rings. The second-order valence-electron chi connectivity index (χ2n) is 7.91. The second-order valence-corrected chi connectivity index (χ2v) is 7.91. The van der Waals surface area contributed by atoms with Crippen LogP contribution >= 0.6 is 0 Å². The molecule has 1 aromatic heterocycles. The highest BCUT2D eigenvalue weighted by Crippen LogP contribution is 2.40. The van der Waals surface area contributed by atoms with Crippen LogP contribution in [0.4, 0.5) is 0 Å². The van der Waals surface area contributed by atoms with Gasteiger partial charge in [0, 0.05) is 17.2 Å². The Balaban J connectivity index is 1.86. The fraction of sp³-hybridized carbons (Fsp3) is 0.192. The number of likely N-dealkylation sites (tertiary alicyclic amines) is 1. The first-order valence-electron chi connectivity index (χ1n) is 10.3. The first-order valence-corrected chi connectivity index (χ1v) is 10.3. The minimum Gasteiger partial charge on any atom is -0.872 e. The summed E-state index contributed by atoms with van der Waals surface area (Å²) in [5, 5.41) is 13.5. The molecule has 0 radical (unpaired) electrons. The third-order valence-electron chi connectivity index (χ3n) is 5.70. The molecule has 1 unspecified atom stereocenters. The van der Waals surface area contributed by atoms with E-state index >= 15 is 0 Å². The smallest absolute Gasteiger partial charge is 0.295 e. The van der Waals surface area contributed by atoms with E-state index in [-0.39, 0.29) is 12.1 Å². The van der Waals surface area contributed by atoms with Gasteiger partial charge in [-0.25, -0.2) is 4.98 Å². The monoisotopic (exact) mass is 428 g/mol. The van der Waals surface area contributed by atoms with Gasteiger partial charge in [-0.1, -0.05) is 41.7 Å². The number of Topliss-reactive ketones (excluding diaryl/α,β-unsaturated/α-hetero) is 1. The van der Waals surface area contributed by atoms with E-state index in [2.05, 4.69) is 4.98 Å². The molecule has 3 aromatic rings. The lowest BCUT2D eigenvalue weighted by atomic mass is 9.94. The van der Waals surface area contributed by atoms with Gasteiger partial charge < -0.3 is 14.7 Å². The Morgan fingerprint density at radius 3 is 2.47 bits per heavy atom. The zero-order chi connectivity index (χ0) is 22.8. The fourth-order valence-corrected chi connectivity index (χ4v) is 4.03. The number of rotatable bonds is 5. The van der Waals surface area contributed by atoms with Crippen molar-refractivity contribution in [1.82, 2.24) is 4.90 Å². The average molecular weight is 428 g/mol.